The zero-order chi connectivity index (χ0) is 13.1. The van der Waals surface area contributed by atoms with Gasteiger partial charge in [-0.3, -0.25) is 0 Å². The minimum absolute atomic E-state index is 0.181. The van der Waals surface area contributed by atoms with Gasteiger partial charge in [-0.2, -0.15) is 0 Å². The minimum Gasteiger partial charge on any atom is -0.316 e. The van der Waals surface area contributed by atoms with Gasteiger partial charge in [-0.15, -0.1) is 0 Å². The summed E-state index contributed by atoms with van der Waals surface area (Å²) in [5.74, 6) is -0.140. The number of halogens is 2. The van der Waals surface area contributed by atoms with Crippen LogP contribution in [0.3, 0.4) is 0 Å². The largest absolute Gasteiger partial charge is 0.316 e. The quantitative estimate of drug-likeness (QED) is 0.843. The van der Waals surface area contributed by atoms with Crippen molar-refractivity contribution in [2.45, 2.75) is 32.6 Å². The van der Waals surface area contributed by atoms with E-state index >= 15 is 0 Å². The zero-order valence-electron chi connectivity index (χ0n) is 11.0. The molecule has 1 aromatic carbocycles. The van der Waals surface area contributed by atoms with Crippen LogP contribution in [0.4, 0.5) is 8.78 Å². The van der Waals surface area contributed by atoms with Crippen LogP contribution < -0.4 is 5.32 Å². The first-order chi connectivity index (χ1) is 8.59. The molecule has 100 valence electrons. The molecule has 1 aliphatic carbocycles. The van der Waals surface area contributed by atoms with Gasteiger partial charge in [-0.1, -0.05) is 26.0 Å². The van der Waals surface area contributed by atoms with Crippen molar-refractivity contribution in [2.24, 2.45) is 11.8 Å². The van der Waals surface area contributed by atoms with Crippen molar-refractivity contribution in [3.63, 3.8) is 0 Å². The predicted molar refractivity (Wildman–Crippen MR) is 69.5 cm³/mol. The number of hydrogen-bond donors (Lipinski definition) is 1. The molecule has 0 aromatic heterocycles. The van der Waals surface area contributed by atoms with Crippen LogP contribution in [0.1, 0.15) is 38.2 Å². The summed E-state index contributed by atoms with van der Waals surface area (Å²) < 4.78 is 26.9. The van der Waals surface area contributed by atoms with Gasteiger partial charge >= 0.3 is 0 Å². The summed E-state index contributed by atoms with van der Waals surface area (Å²) in [6, 6.07) is 4.51. The van der Waals surface area contributed by atoms with Crippen molar-refractivity contribution in [2.75, 3.05) is 13.1 Å². The lowest BCUT2D eigenvalue weighted by molar-refractivity contribution is 0.236. The van der Waals surface area contributed by atoms with Gasteiger partial charge in [0.15, 0.2) is 11.6 Å². The lowest BCUT2D eigenvalue weighted by Crippen LogP contribution is -2.35. The van der Waals surface area contributed by atoms with Gasteiger partial charge in [-0.25, -0.2) is 8.78 Å². The smallest absolute Gasteiger partial charge is 0.162 e. The van der Waals surface area contributed by atoms with Crippen LogP contribution in [-0.4, -0.2) is 13.1 Å². The van der Waals surface area contributed by atoms with Gasteiger partial charge in [0.25, 0.3) is 0 Å². The van der Waals surface area contributed by atoms with E-state index in [1.165, 1.54) is 6.07 Å². The van der Waals surface area contributed by atoms with Crippen molar-refractivity contribution >= 4 is 0 Å². The van der Waals surface area contributed by atoms with Gasteiger partial charge in [-0.05, 0) is 55.3 Å². The molecule has 18 heavy (non-hydrogen) atoms. The fourth-order valence-corrected chi connectivity index (χ4v) is 2.59. The van der Waals surface area contributed by atoms with Crippen LogP contribution >= 0.6 is 0 Å². The molecule has 1 aliphatic rings. The molecule has 2 rings (SSSR count). The molecule has 3 heteroatoms. The highest BCUT2D eigenvalue weighted by molar-refractivity contribution is 5.25. The van der Waals surface area contributed by atoms with Crippen LogP contribution in [0, 0.1) is 23.5 Å². The fraction of sp³-hybridized carbons (Fsp3) is 0.600. The second-order valence-electron chi connectivity index (χ2n) is 5.64. The number of nitrogens with one attached hydrogen (secondary N) is 1. The Morgan fingerprint density at radius 3 is 2.67 bits per heavy atom. The molecule has 0 saturated heterocycles. The fourth-order valence-electron chi connectivity index (χ4n) is 2.59. The topological polar surface area (TPSA) is 12.0 Å². The molecular formula is C15H21F2N. The third-order valence-corrected chi connectivity index (χ3v) is 3.76. The molecule has 0 radical (unpaired) electrons. The molecule has 0 amide bonds. The van der Waals surface area contributed by atoms with Crippen molar-refractivity contribution in [3.05, 3.63) is 35.4 Å². The van der Waals surface area contributed by atoms with Crippen LogP contribution in [0.15, 0.2) is 18.2 Å². The SMILES string of the molecule is CC(C)CNCC1CCC1c1cccc(F)c1F. The molecule has 1 aromatic rings. The molecule has 1 fully saturated rings. The highest BCUT2D eigenvalue weighted by atomic mass is 19.2. The summed E-state index contributed by atoms with van der Waals surface area (Å²) in [6.45, 7) is 6.21. The van der Waals surface area contributed by atoms with E-state index in [9.17, 15) is 8.78 Å². The Morgan fingerprint density at radius 1 is 1.28 bits per heavy atom. The number of benzene rings is 1. The van der Waals surface area contributed by atoms with Crippen molar-refractivity contribution in [1.82, 2.24) is 5.32 Å². The molecule has 1 N–H and O–H groups in total. The third-order valence-electron chi connectivity index (χ3n) is 3.76. The maximum atomic E-state index is 13.7. The van der Waals surface area contributed by atoms with Gasteiger partial charge in [0.05, 0.1) is 0 Å². The molecule has 0 heterocycles. The Kier molecular flexibility index (Phi) is 4.33. The first-order valence-corrected chi connectivity index (χ1v) is 6.74. The monoisotopic (exact) mass is 253 g/mol. The first kappa shape index (κ1) is 13.5. The highest BCUT2D eigenvalue weighted by Crippen LogP contribution is 2.43. The van der Waals surface area contributed by atoms with Crippen molar-refractivity contribution < 1.29 is 8.78 Å². The van der Waals surface area contributed by atoms with E-state index in [2.05, 4.69) is 19.2 Å². The van der Waals surface area contributed by atoms with Gasteiger partial charge in [0.1, 0.15) is 0 Å². The van der Waals surface area contributed by atoms with E-state index in [-0.39, 0.29) is 5.92 Å². The second-order valence-corrected chi connectivity index (χ2v) is 5.64. The Morgan fingerprint density at radius 2 is 2.06 bits per heavy atom. The molecule has 1 saturated carbocycles. The Labute approximate surface area is 108 Å². The molecule has 1 nitrogen and oxygen atoms in total. The van der Waals surface area contributed by atoms with E-state index in [4.69, 9.17) is 0 Å². The number of rotatable bonds is 5. The van der Waals surface area contributed by atoms with Gasteiger partial charge < -0.3 is 5.32 Å². The van der Waals surface area contributed by atoms with E-state index < -0.39 is 11.6 Å². The summed E-state index contributed by atoms with van der Waals surface area (Å²) in [5, 5.41) is 3.40. The summed E-state index contributed by atoms with van der Waals surface area (Å²) in [7, 11) is 0. The Balaban J connectivity index is 1.95. The average Bonchev–Trinajstić information content (AvgIpc) is 2.29. The normalized spacial score (nSPS) is 23.2. The maximum absolute atomic E-state index is 13.7. The first-order valence-electron chi connectivity index (χ1n) is 6.74. The Hall–Kier alpha value is -0.960. The number of hydrogen-bond acceptors (Lipinski definition) is 1. The standard InChI is InChI=1S/C15H21F2N/c1-10(2)8-18-9-11-6-7-12(11)13-4-3-5-14(16)15(13)17/h3-5,10-12,18H,6-9H2,1-2H3. The molecule has 2 unspecified atom stereocenters. The third kappa shape index (κ3) is 2.89. The van der Waals surface area contributed by atoms with Crippen LogP contribution in [0.2, 0.25) is 0 Å². The molecule has 0 bridgehead atoms. The molecule has 0 aliphatic heterocycles. The van der Waals surface area contributed by atoms with Crippen LogP contribution in [0.5, 0.6) is 0 Å². The van der Waals surface area contributed by atoms with E-state index in [0.29, 0.717) is 17.4 Å². The summed E-state index contributed by atoms with van der Waals surface area (Å²) in [6.07, 6.45) is 2.07. The van der Waals surface area contributed by atoms with E-state index in [1.54, 1.807) is 12.1 Å². The van der Waals surface area contributed by atoms with E-state index in [1.807, 2.05) is 0 Å². The van der Waals surface area contributed by atoms with Crippen molar-refractivity contribution in [3.8, 4) is 0 Å². The summed E-state index contributed by atoms with van der Waals surface area (Å²) >= 11 is 0. The van der Waals surface area contributed by atoms with E-state index in [0.717, 1.165) is 25.9 Å². The lowest BCUT2D eigenvalue weighted by atomic mass is 9.70. The average molecular weight is 253 g/mol. The maximum Gasteiger partial charge on any atom is 0.162 e. The van der Waals surface area contributed by atoms with Gasteiger partial charge in [0.2, 0.25) is 0 Å². The van der Waals surface area contributed by atoms with Gasteiger partial charge in [0, 0.05) is 0 Å². The highest BCUT2D eigenvalue weighted by Gasteiger charge is 2.33. The molecular weight excluding hydrogens is 232 g/mol. The minimum atomic E-state index is -0.728. The molecule has 2 atom stereocenters. The summed E-state index contributed by atoms with van der Waals surface area (Å²) in [5.41, 5.74) is 0.553. The Bertz CT molecular complexity index is 403. The lowest BCUT2D eigenvalue weighted by Gasteiger charge is -2.37. The predicted octanol–water partition coefficient (Wildman–Crippen LogP) is 3.70. The summed E-state index contributed by atoms with van der Waals surface area (Å²) in [4.78, 5) is 0. The van der Waals surface area contributed by atoms with Crippen LogP contribution in [-0.2, 0) is 0 Å². The van der Waals surface area contributed by atoms with Crippen molar-refractivity contribution in [1.29, 1.82) is 0 Å². The zero-order valence-corrected chi connectivity index (χ0v) is 11.0. The second kappa shape index (κ2) is 5.79. The molecule has 0 spiro atoms. The van der Waals surface area contributed by atoms with Crippen LogP contribution in [0.25, 0.3) is 0 Å².